The summed E-state index contributed by atoms with van der Waals surface area (Å²) in [4.78, 5) is 10.6. The fraction of sp³-hybridized carbons (Fsp3) is 0.167. The molecular formula is C12H12N4O2S. The highest BCUT2D eigenvalue weighted by Gasteiger charge is 2.05. The van der Waals surface area contributed by atoms with E-state index in [1.165, 1.54) is 11.8 Å². The van der Waals surface area contributed by atoms with Crippen LogP contribution in [-0.2, 0) is 17.6 Å². The second-order valence-corrected chi connectivity index (χ2v) is 4.69. The maximum absolute atomic E-state index is 10.6. The van der Waals surface area contributed by atoms with E-state index in [0.29, 0.717) is 5.75 Å². The van der Waals surface area contributed by atoms with Crippen molar-refractivity contribution in [1.29, 1.82) is 0 Å². The first-order valence-corrected chi connectivity index (χ1v) is 6.49. The molecule has 1 aromatic carbocycles. The number of aryl methyl sites for hydroxylation is 1. The standard InChI is InChI=1S/C12H12N4O2S/c1-16-12(13-14-15-16)19-8-10-5-3-2-4-9(10)6-7-11(17)18/h2-7H,8H2,1H3,(H,17,18)/b7-6+. The molecule has 0 unspecified atom stereocenters. The monoisotopic (exact) mass is 276 g/mol. The molecule has 2 rings (SSSR count). The number of tetrazole rings is 1. The molecule has 0 saturated carbocycles. The van der Waals surface area contributed by atoms with Crippen molar-refractivity contribution in [3.8, 4) is 0 Å². The average molecular weight is 276 g/mol. The van der Waals surface area contributed by atoms with Crippen LogP contribution in [0, 0.1) is 0 Å². The molecule has 0 atom stereocenters. The highest BCUT2D eigenvalue weighted by Crippen LogP contribution is 2.22. The summed E-state index contributed by atoms with van der Waals surface area (Å²) >= 11 is 1.50. The first-order valence-electron chi connectivity index (χ1n) is 5.51. The van der Waals surface area contributed by atoms with Gasteiger partial charge in [-0.3, -0.25) is 0 Å². The van der Waals surface area contributed by atoms with E-state index in [4.69, 9.17) is 5.11 Å². The van der Waals surface area contributed by atoms with Gasteiger partial charge in [-0.05, 0) is 27.6 Å². The lowest BCUT2D eigenvalue weighted by Crippen LogP contribution is -1.94. The Morgan fingerprint density at radius 3 is 2.95 bits per heavy atom. The number of benzene rings is 1. The van der Waals surface area contributed by atoms with Crippen LogP contribution in [0.25, 0.3) is 6.08 Å². The average Bonchev–Trinajstić information content (AvgIpc) is 2.80. The summed E-state index contributed by atoms with van der Waals surface area (Å²) in [7, 11) is 1.78. The van der Waals surface area contributed by atoms with Crippen LogP contribution in [0.2, 0.25) is 0 Å². The Morgan fingerprint density at radius 1 is 1.47 bits per heavy atom. The molecule has 7 heteroatoms. The van der Waals surface area contributed by atoms with E-state index in [9.17, 15) is 4.79 Å². The molecule has 1 heterocycles. The molecular weight excluding hydrogens is 264 g/mol. The van der Waals surface area contributed by atoms with E-state index in [1.54, 1.807) is 17.8 Å². The lowest BCUT2D eigenvalue weighted by atomic mass is 10.1. The van der Waals surface area contributed by atoms with E-state index >= 15 is 0 Å². The van der Waals surface area contributed by atoms with E-state index in [-0.39, 0.29) is 0 Å². The summed E-state index contributed by atoms with van der Waals surface area (Å²) in [6.07, 6.45) is 2.72. The van der Waals surface area contributed by atoms with Crippen molar-refractivity contribution < 1.29 is 9.90 Å². The zero-order valence-corrected chi connectivity index (χ0v) is 11.0. The summed E-state index contributed by atoms with van der Waals surface area (Å²) in [6.45, 7) is 0. The van der Waals surface area contributed by atoms with Gasteiger partial charge in [-0.1, -0.05) is 36.0 Å². The second-order valence-electron chi connectivity index (χ2n) is 3.74. The molecule has 0 fully saturated rings. The van der Waals surface area contributed by atoms with Gasteiger partial charge in [-0.25, -0.2) is 9.48 Å². The van der Waals surface area contributed by atoms with Crippen LogP contribution < -0.4 is 0 Å². The van der Waals surface area contributed by atoms with E-state index < -0.39 is 5.97 Å². The summed E-state index contributed by atoms with van der Waals surface area (Å²) in [5.41, 5.74) is 1.92. The summed E-state index contributed by atoms with van der Waals surface area (Å²) in [5.74, 6) is -0.283. The number of rotatable bonds is 5. The Morgan fingerprint density at radius 2 is 2.26 bits per heavy atom. The summed E-state index contributed by atoms with van der Waals surface area (Å²) < 4.78 is 1.60. The molecule has 0 amide bonds. The number of carbonyl (C=O) groups is 1. The fourth-order valence-electron chi connectivity index (χ4n) is 1.48. The minimum Gasteiger partial charge on any atom is -0.478 e. The number of carboxylic acid groups (broad SMARTS) is 1. The number of hydrogen-bond acceptors (Lipinski definition) is 5. The first kappa shape index (κ1) is 13.3. The van der Waals surface area contributed by atoms with Gasteiger partial charge in [-0.15, -0.1) is 5.10 Å². The first-order chi connectivity index (χ1) is 9.16. The molecule has 2 aromatic rings. The van der Waals surface area contributed by atoms with Gasteiger partial charge >= 0.3 is 5.97 Å². The van der Waals surface area contributed by atoms with Crippen LogP contribution in [-0.4, -0.2) is 31.3 Å². The third-order valence-electron chi connectivity index (χ3n) is 2.40. The van der Waals surface area contributed by atoms with Gasteiger partial charge in [0.1, 0.15) is 0 Å². The molecule has 0 spiro atoms. The molecule has 1 N–H and O–H groups in total. The molecule has 1 aromatic heterocycles. The zero-order chi connectivity index (χ0) is 13.7. The largest absolute Gasteiger partial charge is 0.478 e. The molecule has 0 aliphatic rings. The van der Waals surface area contributed by atoms with Gasteiger partial charge in [0.2, 0.25) is 5.16 Å². The maximum atomic E-state index is 10.6. The zero-order valence-electron chi connectivity index (χ0n) is 10.2. The molecule has 0 aliphatic carbocycles. The van der Waals surface area contributed by atoms with Gasteiger partial charge in [-0.2, -0.15) is 0 Å². The Balaban J connectivity index is 2.12. The van der Waals surface area contributed by atoms with Crippen molar-refractivity contribution in [2.75, 3.05) is 0 Å². The van der Waals surface area contributed by atoms with Gasteiger partial charge < -0.3 is 5.11 Å². The summed E-state index contributed by atoms with van der Waals surface area (Å²) in [5, 5.41) is 20.6. The summed E-state index contributed by atoms with van der Waals surface area (Å²) in [6, 6.07) is 7.63. The minimum atomic E-state index is -0.958. The molecule has 6 nitrogen and oxygen atoms in total. The third kappa shape index (κ3) is 3.65. The van der Waals surface area contributed by atoms with E-state index in [0.717, 1.165) is 22.4 Å². The van der Waals surface area contributed by atoms with Gasteiger partial charge in [0, 0.05) is 18.9 Å². The number of nitrogens with zero attached hydrogens (tertiary/aromatic N) is 4. The van der Waals surface area contributed by atoms with Crippen LogP contribution in [0.15, 0.2) is 35.5 Å². The SMILES string of the molecule is Cn1nnnc1SCc1ccccc1/C=C/C(=O)O. The number of thioether (sulfide) groups is 1. The smallest absolute Gasteiger partial charge is 0.328 e. The number of aliphatic carboxylic acids is 1. The van der Waals surface area contributed by atoms with Crippen molar-refractivity contribution in [2.45, 2.75) is 10.9 Å². The maximum Gasteiger partial charge on any atom is 0.328 e. The van der Waals surface area contributed by atoms with E-state index in [2.05, 4.69) is 15.5 Å². The highest BCUT2D eigenvalue weighted by molar-refractivity contribution is 7.98. The Bertz CT molecular complexity index is 609. The Kier molecular flexibility index (Phi) is 4.30. The van der Waals surface area contributed by atoms with Crippen molar-refractivity contribution in [3.05, 3.63) is 41.5 Å². The van der Waals surface area contributed by atoms with Gasteiger partial charge in [0.15, 0.2) is 0 Å². The van der Waals surface area contributed by atoms with E-state index in [1.807, 2.05) is 24.3 Å². The topological polar surface area (TPSA) is 80.9 Å². The normalized spacial score (nSPS) is 11.0. The van der Waals surface area contributed by atoms with Crippen LogP contribution in [0.3, 0.4) is 0 Å². The van der Waals surface area contributed by atoms with Crippen molar-refractivity contribution in [1.82, 2.24) is 20.2 Å². The van der Waals surface area contributed by atoms with Crippen LogP contribution >= 0.6 is 11.8 Å². The number of hydrogen-bond donors (Lipinski definition) is 1. The van der Waals surface area contributed by atoms with Crippen LogP contribution in [0.5, 0.6) is 0 Å². The van der Waals surface area contributed by atoms with Gasteiger partial charge in [0.05, 0.1) is 0 Å². The lowest BCUT2D eigenvalue weighted by molar-refractivity contribution is -0.131. The lowest BCUT2D eigenvalue weighted by Gasteiger charge is -2.04. The van der Waals surface area contributed by atoms with Crippen LogP contribution in [0.4, 0.5) is 0 Å². The minimum absolute atomic E-state index is 0.675. The molecule has 0 radical (unpaired) electrons. The molecule has 98 valence electrons. The predicted octanol–water partition coefficient (Wildman–Crippen LogP) is 1.60. The predicted molar refractivity (Wildman–Crippen MR) is 71.5 cm³/mol. The second kappa shape index (κ2) is 6.14. The van der Waals surface area contributed by atoms with Crippen molar-refractivity contribution in [2.24, 2.45) is 7.05 Å². The van der Waals surface area contributed by atoms with Crippen LogP contribution in [0.1, 0.15) is 11.1 Å². The molecule has 0 saturated heterocycles. The van der Waals surface area contributed by atoms with Crippen molar-refractivity contribution >= 4 is 23.8 Å². The third-order valence-corrected chi connectivity index (χ3v) is 3.46. The molecule has 0 bridgehead atoms. The molecule has 0 aliphatic heterocycles. The quantitative estimate of drug-likeness (QED) is 0.660. The number of carboxylic acids is 1. The number of aromatic nitrogens is 4. The Hall–Kier alpha value is -2.15. The molecule has 19 heavy (non-hydrogen) atoms. The van der Waals surface area contributed by atoms with Gasteiger partial charge in [0.25, 0.3) is 0 Å². The highest BCUT2D eigenvalue weighted by atomic mass is 32.2. The van der Waals surface area contributed by atoms with Crippen molar-refractivity contribution in [3.63, 3.8) is 0 Å². The Labute approximate surface area is 114 Å². The fourth-order valence-corrected chi connectivity index (χ4v) is 2.34.